The summed E-state index contributed by atoms with van der Waals surface area (Å²) in [6.07, 6.45) is 0. The van der Waals surface area contributed by atoms with E-state index < -0.39 is 10.8 Å². The molecule has 1 amide bonds. The number of amides is 1. The van der Waals surface area contributed by atoms with Crippen LogP contribution in [0.1, 0.15) is 16.2 Å². The summed E-state index contributed by atoms with van der Waals surface area (Å²) in [4.78, 5) is 27.3. The molecule has 0 fully saturated rings. The minimum Gasteiger partial charge on any atom is -0.343 e. The van der Waals surface area contributed by atoms with Crippen LogP contribution in [-0.2, 0) is 6.54 Å². The third kappa shape index (κ3) is 3.42. The second kappa shape index (κ2) is 6.77. The molecular weight excluding hydrogens is 356 g/mol. The van der Waals surface area contributed by atoms with E-state index in [2.05, 4.69) is 15.5 Å². The predicted molar refractivity (Wildman–Crippen MR) is 86.9 cm³/mol. The highest BCUT2D eigenvalue weighted by Gasteiger charge is 2.17. The highest BCUT2D eigenvalue weighted by molar-refractivity contribution is 7.13. The van der Waals surface area contributed by atoms with Gasteiger partial charge in [-0.25, -0.2) is 0 Å². The van der Waals surface area contributed by atoms with Crippen molar-refractivity contribution in [3.63, 3.8) is 0 Å². The van der Waals surface area contributed by atoms with E-state index in [9.17, 15) is 14.9 Å². The van der Waals surface area contributed by atoms with E-state index in [4.69, 9.17) is 16.1 Å². The molecule has 1 N–H and O–H groups in total. The zero-order valence-electron chi connectivity index (χ0n) is 11.9. The van der Waals surface area contributed by atoms with Gasteiger partial charge >= 0.3 is 0 Å². The van der Waals surface area contributed by atoms with E-state index in [0.717, 1.165) is 10.9 Å². The van der Waals surface area contributed by atoms with Gasteiger partial charge in [-0.2, -0.15) is 4.98 Å². The summed E-state index contributed by atoms with van der Waals surface area (Å²) in [5, 5.41) is 19.1. The number of nitro benzene ring substituents is 1. The third-order valence-corrected chi connectivity index (χ3v) is 4.20. The van der Waals surface area contributed by atoms with Gasteiger partial charge in [-0.15, -0.1) is 11.3 Å². The van der Waals surface area contributed by atoms with Crippen molar-refractivity contribution >= 4 is 34.5 Å². The van der Waals surface area contributed by atoms with E-state index >= 15 is 0 Å². The first-order valence-corrected chi connectivity index (χ1v) is 7.89. The molecule has 2 heterocycles. The number of carbonyl (C=O) groups excluding carboxylic acids is 1. The zero-order valence-corrected chi connectivity index (χ0v) is 13.5. The maximum Gasteiger partial charge on any atom is 0.288 e. The number of rotatable bonds is 5. The molecule has 0 spiro atoms. The van der Waals surface area contributed by atoms with Crippen molar-refractivity contribution in [3.05, 3.63) is 62.3 Å². The Hall–Kier alpha value is -2.78. The number of aromatic nitrogens is 2. The third-order valence-electron chi connectivity index (χ3n) is 3.01. The van der Waals surface area contributed by atoms with Gasteiger partial charge in [-0.05, 0) is 23.6 Å². The molecule has 2 aromatic heterocycles. The lowest BCUT2D eigenvalue weighted by atomic mass is 10.2. The quantitative estimate of drug-likeness (QED) is 0.549. The Labute approximate surface area is 144 Å². The first-order chi connectivity index (χ1) is 11.5. The van der Waals surface area contributed by atoms with Crippen LogP contribution in [0.3, 0.4) is 0 Å². The highest BCUT2D eigenvalue weighted by Crippen LogP contribution is 2.25. The van der Waals surface area contributed by atoms with Gasteiger partial charge < -0.3 is 9.84 Å². The van der Waals surface area contributed by atoms with E-state index in [-0.39, 0.29) is 28.7 Å². The maximum atomic E-state index is 12.1. The molecule has 0 radical (unpaired) electrons. The molecule has 122 valence electrons. The first-order valence-electron chi connectivity index (χ1n) is 6.63. The van der Waals surface area contributed by atoms with Crippen LogP contribution in [0.25, 0.3) is 10.7 Å². The maximum absolute atomic E-state index is 12.1. The van der Waals surface area contributed by atoms with Crippen LogP contribution in [0.2, 0.25) is 5.02 Å². The number of nitro groups is 1. The standard InChI is InChI=1S/C14H9ClN4O4S/c15-9-4-3-8(6-10(9)19(21)22)14(20)16-7-12-17-13(18-23-12)11-2-1-5-24-11/h1-6H,7H2,(H,16,20). The Bertz CT molecular complexity index is 894. The number of hydrogen-bond donors (Lipinski definition) is 1. The fourth-order valence-electron chi connectivity index (χ4n) is 1.88. The second-order valence-corrected chi connectivity index (χ2v) is 5.95. The van der Waals surface area contributed by atoms with Crippen LogP contribution in [0.4, 0.5) is 5.69 Å². The number of halogens is 1. The first kappa shape index (κ1) is 16.1. The van der Waals surface area contributed by atoms with Crippen molar-refractivity contribution in [1.29, 1.82) is 0 Å². The fourth-order valence-corrected chi connectivity index (χ4v) is 2.72. The van der Waals surface area contributed by atoms with Gasteiger partial charge in [0.15, 0.2) is 0 Å². The van der Waals surface area contributed by atoms with Crippen LogP contribution < -0.4 is 5.32 Å². The van der Waals surface area contributed by atoms with E-state index in [1.807, 2.05) is 17.5 Å². The molecule has 3 rings (SSSR count). The molecule has 0 bridgehead atoms. The number of nitrogens with zero attached hydrogens (tertiary/aromatic N) is 3. The van der Waals surface area contributed by atoms with Gasteiger partial charge in [0.25, 0.3) is 11.6 Å². The second-order valence-electron chi connectivity index (χ2n) is 4.60. The Morgan fingerprint density at radius 3 is 2.96 bits per heavy atom. The number of hydrogen-bond acceptors (Lipinski definition) is 7. The van der Waals surface area contributed by atoms with Crippen molar-refractivity contribution < 1.29 is 14.2 Å². The summed E-state index contributed by atoms with van der Waals surface area (Å²) in [6.45, 7) is 0.00757. The molecule has 0 aliphatic carbocycles. The van der Waals surface area contributed by atoms with Crippen molar-refractivity contribution in [3.8, 4) is 10.7 Å². The minimum absolute atomic E-state index is 0.00757. The van der Waals surface area contributed by atoms with Crippen molar-refractivity contribution in [2.24, 2.45) is 0 Å². The normalized spacial score (nSPS) is 10.5. The molecular formula is C14H9ClN4O4S. The van der Waals surface area contributed by atoms with Crippen LogP contribution in [-0.4, -0.2) is 21.0 Å². The van der Waals surface area contributed by atoms with Crippen LogP contribution in [0.5, 0.6) is 0 Å². The number of benzene rings is 1. The fraction of sp³-hybridized carbons (Fsp3) is 0.0714. The highest BCUT2D eigenvalue weighted by atomic mass is 35.5. The predicted octanol–water partition coefficient (Wildman–Crippen LogP) is 3.29. The SMILES string of the molecule is O=C(NCc1nc(-c2cccs2)no1)c1ccc(Cl)c([N+](=O)[O-])c1. The monoisotopic (exact) mass is 364 g/mol. The Kier molecular flexibility index (Phi) is 4.54. The van der Waals surface area contributed by atoms with E-state index in [0.29, 0.717) is 5.82 Å². The summed E-state index contributed by atoms with van der Waals surface area (Å²) in [7, 11) is 0. The van der Waals surface area contributed by atoms with Gasteiger partial charge in [0.2, 0.25) is 11.7 Å². The summed E-state index contributed by atoms with van der Waals surface area (Å²) >= 11 is 7.18. The molecule has 10 heteroatoms. The summed E-state index contributed by atoms with van der Waals surface area (Å²) in [5.74, 6) is 0.164. The Morgan fingerprint density at radius 1 is 1.42 bits per heavy atom. The average molecular weight is 365 g/mol. The molecule has 0 saturated carbocycles. The molecule has 0 saturated heterocycles. The van der Waals surface area contributed by atoms with E-state index in [1.165, 1.54) is 23.5 Å². The smallest absolute Gasteiger partial charge is 0.288 e. The summed E-state index contributed by atoms with van der Waals surface area (Å²) in [5.41, 5.74) is -0.216. The molecule has 0 unspecified atom stereocenters. The van der Waals surface area contributed by atoms with Crippen molar-refractivity contribution in [2.45, 2.75) is 6.54 Å². The molecule has 0 atom stereocenters. The Balaban J connectivity index is 1.68. The van der Waals surface area contributed by atoms with Crippen molar-refractivity contribution in [1.82, 2.24) is 15.5 Å². The van der Waals surface area contributed by atoms with Crippen LogP contribution >= 0.6 is 22.9 Å². The van der Waals surface area contributed by atoms with Gasteiger partial charge in [-0.3, -0.25) is 14.9 Å². The van der Waals surface area contributed by atoms with E-state index in [1.54, 1.807) is 0 Å². The minimum atomic E-state index is -0.648. The molecule has 3 aromatic rings. The number of nitrogens with one attached hydrogen (secondary N) is 1. The van der Waals surface area contributed by atoms with Gasteiger partial charge in [0.1, 0.15) is 5.02 Å². The topological polar surface area (TPSA) is 111 Å². The van der Waals surface area contributed by atoms with Gasteiger partial charge in [-0.1, -0.05) is 22.8 Å². The molecule has 0 aliphatic rings. The van der Waals surface area contributed by atoms with Crippen LogP contribution in [0.15, 0.2) is 40.2 Å². The zero-order chi connectivity index (χ0) is 17.1. The van der Waals surface area contributed by atoms with Crippen LogP contribution in [0, 0.1) is 10.1 Å². The molecule has 8 nitrogen and oxygen atoms in total. The lowest BCUT2D eigenvalue weighted by Crippen LogP contribution is -2.23. The largest absolute Gasteiger partial charge is 0.343 e. The summed E-state index contributed by atoms with van der Waals surface area (Å²) in [6, 6.07) is 7.53. The van der Waals surface area contributed by atoms with Gasteiger partial charge in [0.05, 0.1) is 16.3 Å². The summed E-state index contributed by atoms with van der Waals surface area (Å²) < 4.78 is 5.06. The molecule has 24 heavy (non-hydrogen) atoms. The molecule has 1 aromatic carbocycles. The number of thiophene rings is 1. The number of carbonyl (C=O) groups is 1. The average Bonchev–Trinajstić information content (AvgIpc) is 3.24. The Morgan fingerprint density at radius 2 is 2.25 bits per heavy atom. The lowest BCUT2D eigenvalue weighted by Gasteiger charge is -2.03. The van der Waals surface area contributed by atoms with Gasteiger partial charge in [0, 0.05) is 11.6 Å². The van der Waals surface area contributed by atoms with Crippen molar-refractivity contribution in [2.75, 3.05) is 0 Å². The molecule has 0 aliphatic heterocycles. The lowest BCUT2D eigenvalue weighted by molar-refractivity contribution is -0.384.